The summed E-state index contributed by atoms with van der Waals surface area (Å²) in [7, 11) is 1.62. The molecule has 3 nitrogen and oxygen atoms in total. The van der Waals surface area contributed by atoms with Gasteiger partial charge in [0.25, 0.3) is 0 Å². The van der Waals surface area contributed by atoms with Gasteiger partial charge in [-0.3, -0.25) is 0 Å². The number of nitrogens with one attached hydrogen (secondary N) is 1. The topological polar surface area (TPSA) is 34.1 Å². The van der Waals surface area contributed by atoms with Crippen molar-refractivity contribution < 1.29 is 4.74 Å². The molecule has 0 aliphatic rings. The molecule has 0 saturated carbocycles. The number of aromatic nitrogens is 1. The summed E-state index contributed by atoms with van der Waals surface area (Å²) in [5.74, 6) is 0.645. The number of hydrogen-bond donors (Lipinski definition) is 1. The highest BCUT2D eigenvalue weighted by Gasteiger charge is 1.97. The second-order valence-corrected chi connectivity index (χ2v) is 4.12. The first-order valence-corrected chi connectivity index (χ1v) is 6.13. The third-order valence-electron chi connectivity index (χ3n) is 2.84. The first kappa shape index (κ1) is 12.4. The van der Waals surface area contributed by atoms with Crippen molar-refractivity contribution in [2.45, 2.75) is 19.9 Å². The van der Waals surface area contributed by atoms with Crippen molar-refractivity contribution in [2.75, 3.05) is 12.4 Å². The normalized spacial score (nSPS) is 10.1. The van der Waals surface area contributed by atoms with E-state index < -0.39 is 0 Å². The van der Waals surface area contributed by atoms with Crippen LogP contribution in [0.3, 0.4) is 0 Å². The van der Waals surface area contributed by atoms with E-state index in [1.54, 1.807) is 7.11 Å². The van der Waals surface area contributed by atoms with Gasteiger partial charge in [0.15, 0.2) is 0 Å². The number of aryl methyl sites for hydroxylation is 1. The van der Waals surface area contributed by atoms with Crippen molar-refractivity contribution in [1.82, 2.24) is 4.98 Å². The lowest BCUT2D eigenvalue weighted by molar-refractivity contribution is 0.397. The van der Waals surface area contributed by atoms with Gasteiger partial charge in [-0.2, -0.15) is 0 Å². The zero-order valence-corrected chi connectivity index (χ0v) is 10.8. The van der Waals surface area contributed by atoms with E-state index in [0.717, 1.165) is 24.2 Å². The molecule has 1 aromatic heterocycles. The minimum atomic E-state index is 0.645. The maximum atomic E-state index is 5.03. The molecule has 94 valence electrons. The van der Waals surface area contributed by atoms with Crippen molar-refractivity contribution in [2.24, 2.45) is 0 Å². The molecule has 0 amide bonds. The summed E-state index contributed by atoms with van der Waals surface area (Å²) in [6.45, 7) is 2.93. The van der Waals surface area contributed by atoms with Crippen molar-refractivity contribution in [1.29, 1.82) is 0 Å². The number of hydrogen-bond acceptors (Lipinski definition) is 3. The zero-order valence-electron chi connectivity index (χ0n) is 10.8. The van der Waals surface area contributed by atoms with E-state index in [1.165, 1.54) is 5.56 Å². The van der Waals surface area contributed by atoms with Gasteiger partial charge in [0, 0.05) is 24.5 Å². The van der Waals surface area contributed by atoms with Crippen LogP contribution in [0.4, 0.5) is 5.69 Å². The molecule has 0 radical (unpaired) electrons. The maximum Gasteiger partial charge on any atom is 0.212 e. The first-order valence-electron chi connectivity index (χ1n) is 6.13. The summed E-state index contributed by atoms with van der Waals surface area (Å²) in [6.07, 6.45) is 2.88. The van der Waals surface area contributed by atoms with E-state index in [2.05, 4.69) is 41.5 Å². The molecule has 1 aromatic carbocycles. The van der Waals surface area contributed by atoms with Gasteiger partial charge < -0.3 is 10.1 Å². The number of methoxy groups -OCH3 is 1. The van der Waals surface area contributed by atoms with Crippen LogP contribution in [0.1, 0.15) is 18.1 Å². The Hall–Kier alpha value is -2.03. The Kier molecular flexibility index (Phi) is 4.18. The molecule has 0 spiro atoms. The number of benzene rings is 1. The molecular weight excluding hydrogens is 224 g/mol. The van der Waals surface area contributed by atoms with Crippen LogP contribution in [0.15, 0.2) is 42.6 Å². The van der Waals surface area contributed by atoms with Gasteiger partial charge in [-0.05, 0) is 29.7 Å². The summed E-state index contributed by atoms with van der Waals surface area (Å²) in [4.78, 5) is 4.18. The Morgan fingerprint density at radius 3 is 2.72 bits per heavy atom. The van der Waals surface area contributed by atoms with E-state index >= 15 is 0 Å². The summed E-state index contributed by atoms with van der Waals surface area (Å²) >= 11 is 0. The van der Waals surface area contributed by atoms with Crippen molar-refractivity contribution in [3.63, 3.8) is 0 Å². The van der Waals surface area contributed by atoms with Crippen molar-refractivity contribution in [3.8, 4) is 5.88 Å². The van der Waals surface area contributed by atoms with Crippen LogP contribution in [0.25, 0.3) is 0 Å². The fourth-order valence-corrected chi connectivity index (χ4v) is 1.74. The van der Waals surface area contributed by atoms with Crippen LogP contribution in [0.5, 0.6) is 5.88 Å². The van der Waals surface area contributed by atoms with Gasteiger partial charge in [-0.1, -0.05) is 25.1 Å². The molecule has 1 N–H and O–H groups in total. The molecular formula is C15H18N2O. The lowest BCUT2D eigenvalue weighted by Crippen LogP contribution is -2.00. The Balaban J connectivity index is 1.97. The number of pyridine rings is 1. The highest BCUT2D eigenvalue weighted by molar-refractivity contribution is 5.46. The fourth-order valence-electron chi connectivity index (χ4n) is 1.74. The van der Waals surface area contributed by atoms with Crippen LogP contribution in [-0.2, 0) is 13.0 Å². The number of anilines is 1. The number of rotatable bonds is 5. The van der Waals surface area contributed by atoms with Crippen LogP contribution in [-0.4, -0.2) is 12.1 Å². The number of nitrogens with zero attached hydrogens (tertiary/aromatic N) is 1. The summed E-state index contributed by atoms with van der Waals surface area (Å²) < 4.78 is 5.03. The quantitative estimate of drug-likeness (QED) is 0.873. The summed E-state index contributed by atoms with van der Waals surface area (Å²) in [6, 6.07) is 12.4. The first-order chi connectivity index (χ1) is 8.81. The van der Waals surface area contributed by atoms with Gasteiger partial charge in [0.1, 0.15) is 0 Å². The largest absolute Gasteiger partial charge is 0.481 e. The van der Waals surface area contributed by atoms with E-state index in [9.17, 15) is 0 Å². The maximum absolute atomic E-state index is 5.03. The van der Waals surface area contributed by atoms with Crippen LogP contribution in [0, 0.1) is 0 Å². The molecule has 0 unspecified atom stereocenters. The van der Waals surface area contributed by atoms with Crippen LogP contribution in [0.2, 0.25) is 0 Å². The average molecular weight is 242 g/mol. The molecule has 0 aliphatic carbocycles. The third-order valence-corrected chi connectivity index (χ3v) is 2.84. The predicted molar refractivity (Wildman–Crippen MR) is 73.9 cm³/mol. The van der Waals surface area contributed by atoms with Gasteiger partial charge in [0.2, 0.25) is 5.88 Å². The Morgan fingerprint density at radius 2 is 2.06 bits per heavy atom. The van der Waals surface area contributed by atoms with Gasteiger partial charge >= 0.3 is 0 Å². The van der Waals surface area contributed by atoms with E-state index in [0.29, 0.717) is 5.88 Å². The molecule has 1 heterocycles. The molecule has 3 heteroatoms. The second-order valence-electron chi connectivity index (χ2n) is 4.12. The lowest BCUT2D eigenvalue weighted by atomic mass is 10.1. The zero-order chi connectivity index (χ0) is 12.8. The molecule has 0 bridgehead atoms. The van der Waals surface area contributed by atoms with Gasteiger partial charge in [0.05, 0.1) is 7.11 Å². The average Bonchev–Trinajstić information content (AvgIpc) is 2.46. The van der Waals surface area contributed by atoms with Crippen molar-refractivity contribution in [3.05, 3.63) is 53.7 Å². The standard InChI is InChI=1S/C15H18N2O/c1-3-12-5-4-6-14(9-12)16-10-13-7-8-15(18-2)17-11-13/h4-9,11,16H,3,10H2,1-2H3. The Labute approximate surface area is 108 Å². The molecule has 2 aromatic rings. The van der Waals surface area contributed by atoms with E-state index in [4.69, 9.17) is 4.74 Å². The van der Waals surface area contributed by atoms with E-state index in [-0.39, 0.29) is 0 Å². The van der Waals surface area contributed by atoms with E-state index in [1.807, 2.05) is 18.3 Å². The van der Waals surface area contributed by atoms with Gasteiger partial charge in [-0.25, -0.2) is 4.98 Å². The fraction of sp³-hybridized carbons (Fsp3) is 0.267. The van der Waals surface area contributed by atoms with Gasteiger partial charge in [-0.15, -0.1) is 0 Å². The number of ether oxygens (including phenoxy) is 1. The Bertz CT molecular complexity index is 494. The smallest absolute Gasteiger partial charge is 0.212 e. The molecule has 0 fully saturated rings. The molecule has 0 aliphatic heterocycles. The molecule has 2 rings (SSSR count). The minimum Gasteiger partial charge on any atom is -0.481 e. The van der Waals surface area contributed by atoms with Crippen molar-refractivity contribution >= 4 is 5.69 Å². The highest BCUT2D eigenvalue weighted by Crippen LogP contribution is 2.13. The summed E-state index contributed by atoms with van der Waals surface area (Å²) in [5.41, 5.74) is 3.62. The lowest BCUT2D eigenvalue weighted by Gasteiger charge is -2.08. The minimum absolute atomic E-state index is 0.645. The van der Waals surface area contributed by atoms with Crippen LogP contribution >= 0.6 is 0 Å². The Morgan fingerprint density at radius 1 is 1.17 bits per heavy atom. The molecule has 0 atom stereocenters. The molecule has 18 heavy (non-hydrogen) atoms. The highest BCUT2D eigenvalue weighted by atomic mass is 16.5. The summed E-state index contributed by atoms with van der Waals surface area (Å²) in [5, 5.41) is 3.39. The third kappa shape index (κ3) is 3.23. The molecule has 0 saturated heterocycles. The second kappa shape index (κ2) is 6.05. The monoisotopic (exact) mass is 242 g/mol. The predicted octanol–water partition coefficient (Wildman–Crippen LogP) is 3.26. The SMILES string of the molecule is CCc1cccc(NCc2ccc(OC)nc2)c1. The van der Waals surface area contributed by atoms with Crippen LogP contribution < -0.4 is 10.1 Å².